The Kier molecular flexibility index (Phi) is 3.17. The highest BCUT2D eigenvalue weighted by atomic mass is 35.5. The third-order valence-corrected chi connectivity index (χ3v) is 4.21. The highest BCUT2D eigenvalue weighted by Crippen LogP contribution is 2.45. The van der Waals surface area contributed by atoms with Crippen molar-refractivity contribution in [3.8, 4) is 0 Å². The van der Waals surface area contributed by atoms with E-state index in [1.54, 1.807) is 0 Å². The maximum absolute atomic E-state index is 11.4. The van der Waals surface area contributed by atoms with Gasteiger partial charge in [0.05, 0.1) is 21.8 Å². The molecule has 0 atom stereocenters. The van der Waals surface area contributed by atoms with Gasteiger partial charge in [0, 0.05) is 13.0 Å². The smallest absolute Gasteiger partial charge is 0.310 e. The van der Waals surface area contributed by atoms with Gasteiger partial charge >= 0.3 is 5.97 Å². The molecule has 1 fully saturated rings. The number of aromatic nitrogens is 2. The van der Waals surface area contributed by atoms with Crippen LogP contribution in [-0.4, -0.2) is 20.9 Å². The van der Waals surface area contributed by atoms with E-state index in [0.717, 1.165) is 37.2 Å². The predicted octanol–water partition coefficient (Wildman–Crippen LogP) is 2.66. The largest absolute Gasteiger partial charge is 0.481 e. The standard InChI is InChI=1S/C12H17ClN2O2/c1-3-15-9(10(13)8(2)14-15)7-12(11(16)17)5-4-6-12/h3-7H2,1-2H3,(H,16,17). The molecule has 0 saturated heterocycles. The Balaban J connectivity index is 2.32. The van der Waals surface area contributed by atoms with E-state index in [4.69, 9.17) is 11.6 Å². The lowest BCUT2D eigenvalue weighted by Gasteiger charge is -2.37. The van der Waals surface area contributed by atoms with Gasteiger partial charge in [-0.15, -0.1) is 0 Å². The summed E-state index contributed by atoms with van der Waals surface area (Å²) in [5.74, 6) is -0.707. The van der Waals surface area contributed by atoms with Gasteiger partial charge in [-0.3, -0.25) is 9.48 Å². The maximum Gasteiger partial charge on any atom is 0.310 e. The maximum atomic E-state index is 11.4. The van der Waals surface area contributed by atoms with Crippen LogP contribution in [0.5, 0.6) is 0 Å². The highest BCUT2D eigenvalue weighted by molar-refractivity contribution is 6.31. The number of rotatable bonds is 4. The van der Waals surface area contributed by atoms with Gasteiger partial charge in [-0.25, -0.2) is 0 Å². The molecule has 1 aliphatic carbocycles. The Bertz CT molecular complexity index is 450. The molecule has 1 aliphatic rings. The third-order valence-electron chi connectivity index (χ3n) is 3.72. The van der Waals surface area contributed by atoms with Crippen molar-refractivity contribution in [2.24, 2.45) is 5.41 Å². The van der Waals surface area contributed by atoms with Gasteiger partial charge in [0.15, 0.2) is 0 Å². The summed E-state index contributed by atoms with van der Waals surface area (Å²) in [4.78, 5) is 11.4. The van der Waals surface area contributed by atoms with Crippen molar-refractivity contribution in [2.45, 2.75) is 46.1 Å². The fourth-order valence-electron chi connectivity index (χ4n) is 2.43. The SMILES string of the molecule is CCn1nc(C)c(Cl)c1CC1(C(=O)O)CCC1. The number of hydrogen-bond donors (Lipinski definition) is 1. The van der Waals surface area contributed by atoms with Gasteiger partial charge in [0.2, 0.25) is 0 Å². The third kappa shape index (κ3) is 1.95. The lowest BCUT2D eigenvalue weighted by Crippen LogP contribution is -2.40. The average Bonchev–Trinajstić information content (AvgIpc) is 2.49. The molecule has 0 amide bonds. The van der Waals surface area contributed by atoms with Crippen LogP contribution >= 0.6 is 11.6 Å². The zero-order chi connectivity index (χ0) is 12.6. The number of hydrogen-bond acceptors (Lipinski definition) is 2. The number of nitrogens with zero attached hydrogens (tertiary/aromatic N) is 2. The van der Waals surface area contributed by atoms with Crippen LogP contribution in [0, 0.1) is 12.3 Å². The molecule has 0 aromatic carbocycles. The van der Waals surface area contributed by atoms with Crippen LogP contribution in [0.15, 0.2) is 0 Å². The Morgan fingerprint density at radius 3 is 2.65 bits per heavy atom. The minimum Gasteiger partial charge on any atom is -0.481 e. The minimum atomic E-state index is -0.707. The van der Waals surface area contributed by atoms with Gasteiger partial charge < -0.3 is 5.11 Å². The summed E-state index contributed by atoms with van der Waals surface area (Å²) < 4.78 is 1.82. The van der Waals surface area contributed by atoms with Gasteiger partial charge in [0.25, 0.3) is 0 Å². The van der Waals surface area contributed by atoms with E-state index in [9.17, 15) is 9.90 Å². The minimum absolute atomic E-state index is 0.496. The van der Waals surface area contributed by atoms with Crippen LogP contribution in [0.4, 0.5) is 0 Å². The summed E-state index contributed by atoms with van der Waals surface area (Å²) in [6.07, 6.45) is 2.97. The van der Waals surface area contributed by atoms with Crippen LogP contribution in [0.2, 0.25) is 5.02 Å². The lowest BCUT2D eigenvalue weighted by atomic mass is 9.66. The molecule has 1 aromatic heterocycles. The first-order chi connectivity index (χ1) is 8.00. The van der Waals surface area contributed by atoms with Crippen molar-refractivity contribution in [3.63, 3.8) is 0 Å². The zero-order valence-electron chi connectivity index (χ0n) is 10.2. The van der Waals surface area contributed by atoms with Crippen LogP contribution in [-0.2, 0) is 17.8 Å². The predicted molar refractivity (Wildman–Crippen MR) is 65.3 cm³/mol. The first-order valence-electron chi connectivity index (χ1n) is 5.95. The molecular weight excluding hydrogens is 240 g/mol. The molecule has 1 N–H and O–H groups in total. The summed E-state index contributed by atoms with van der Waals surface area (Å²) in [7, 11) is 0. The van der Waals surface area contributed by atoms with Crippen LogP contribution in [0.25, 0.3) is 0 Å². The normalized spacial score (nSPS) is 17.8. The number of carbonyl (C=O) groups is 1. The quantitative estimate of drug-likeness (QED) is 0.901. The number of carboxylic acids is 1. The zero-order valence-corrected chi connectivity index (χ0v) is 10.9. The topological polar surface area (TPSA) is 55.1 Å². The van der Waals surface area contributed by atoms with E-state index in [0.29, 0.717) is 11.4 Å². The lowest BCUT2D eigenvalue weighted by molar-refractivity contribution is -0.154. The van der Waals surface area contributed by atoms with Crippen LogP contribution in [0.1, 0.15) is 37.6 Å². The number of aryl methyl sites for hydroxylation is 2. The van der Waals surface area contributed by atoms with Gasteiger partial charge in [-0.1, -0.05) is 18.0 Å². The second-order valence-corrected chi connectivity index (χ2v) is 5.16. The highest BCUT2D eigenvalue weighted by Gasteiger charge is 2.45. The number of aliphatic carboxylic acids is 1. The second kappa shape index (κ2) is 4.33. The van der Waals surface area contributed by atoms with E-state index in [-0.39, 0.29) is 0 Å². The molecule has 94 valence electrons. The molecule has 1 aromatic rings. The molecular formula is C12H17ClN2O2. The Morgan fingerprint density at radius 1 is 1.59 bits per heavy atom. The second-order valence-electron chi connectivity index (χ2n) is 4.78. The van der Waals surface area contributed by atoms with E-state index in [1.807, 2.05) is 18.5 Å². The molecule has 0 spiro atoms. The molecule has 1 saturated carbocycles. The van der Waals surface area contributed by atoms with Gasteiger partial charge in [-0.05, 0) is 26.7 Å². The van der Waals surface area contributed by atoms with Crippen molar-refractivity contribution < 1.29 is 9.90 Å². The molecule has 2 rings (SSSR count). The van der Waals surface area contributed by atoms with Crippen LogP contribution in [0.3, 0.4) is 0 Å². The number of halogens is 1. The average molecular weight is 257 g/mol. The van der Waals surface area contributed by atoms with E-state index < -0.39 is 11.4 Å². The monoisotopic (exact) mass is 256 g/mol. The van der Waals surface area contributed by atoms with E-state index in [2.05, 4.69) is 5.10 Å². The molecule has 5 heteroatoms. The summed E-state index contributed by atoms with van der Waals surface area (Å²) in [6, 6.07) is 0. The van der Waals surface area contributed by atoms with Crippen molar-refractivity contribution in [2.75, 3.05) is 0 Å². The number of carboxylic acid groups (broad SMARTS) is 1. The summed E-state index contributed by atoms with van der Waals surface area (Å²) >= 11 is 6.21. The van der Waals surface area contributed by atoms with E-state index >= 15 is 0 Å². The van der Waals surface area contributed by atoms with Gasteiger partial charge in [-0.2, -0.15) is 5.10 Å². The molecule has 0 unspecified atom stereocenters. The van der Waals surface area contributed by atoms with Crippen molar-refractivity contribution in [3.05, 3.63) is 16.4 Å². The first kappa shape index (κ1) is 12.4. The fourth-order valence-corrected chi connectivity index (χ4v) is 2.63. The Labute approximate surface area is 106 Å². The van der Waals surface area contributed by atoms with Crippen molar-refractivity contribution in [1.29, 1.82) is 0 Å². The molecule has 17 heavy (non-hydrogen) atoms. The fraction of sp³-hybridized carbons (Fsp3) is 0.667. The summed E-state index contributed by atoms with van der Waals surface area (Å²) in [6.45, 7) is 4.56. The van der Waals surface area contributed by atoms with Crippen molar-refractivity contribution in [1.82, 2.24) is 9.78 Å². The van der Waals surface area contributed by atoms with Crippen molar-refractivity contribution >= 4 is 17.6 Å². The molecule has 0 radical (unpaired) electrons. The Hall–Kier alpha value is -1.03. The Morgan fingerprint density at radius 2 is 2.24 bits per heavy atom. The summed E-state index contributed by atoms with van der Waals surface area (Å²) in [5, 5.41) is 14.3. The molecule has 4 nitrogen and oxygen atoms in total. The first-order valence-corrected chi connectivity index (χ1v) is 6.33. The van der Waals surface area contributed by atoms with E-state index in [1.165, 1.54) is 0 Å². The molecule has 1 heterocycles. The van der Waals surface area contributed by atoms with Crippen LogP contribution < -0.4 is 0 Å². The van der Waals surface area contributed by atoms with Gasteiger partial charge in [0.1, 0.15) is 0 Å². The molecule has 0 aliphatic heterocycles. The molecule has 0 bridgehead atoms. The summed E-state index contributed by atoms with van der Waals surface area (Å²) in [5.41, 5.74) is 1.04.